The third kappa shape index (κ3) is 1.97. The molecule has 0 aliphatic rings. The first-order chi connectivity index (χ1) is 9.69. The number of hydrogen-bond donors (Lipinski definition) is 1. The first-order valence-corrected chi connectivity index (χ1v) is 5.98. The predicted octanol–water partition coefficient (Wildman–Crippen LogP) is 1.77. The Labute approximate surface area is 114 Å². The largest absolute Gasteiger partial charge is 0.465 e. The van der Waals surface area contributed by atoms with Gasteiger partial charge in [0, 0.05) is 11.8 Å². The Morgan fingerprint density at radius 3 is 2.75 bits per heavy atom. The van der Waals surface area contributed by atoms with Crippen molar-refractivity contribution in [2.75, 3.05) is 12.8 Å². The second-order valence-corrected chi connectivity index (χ2v) is 4.25. The van der Waals surface area contributed by atoms with Crippen LogP contribution in [0, 0.1) is 0 Å². The number of nitrogens with two attached hydrogens (primary N) is 1. The number of hydrogen-bond acceptors (Lipinski definition) is 5. The minimum Gasteiger partial charge on any atom is -0.465 e. The lowest BCUT2D eigenvalue weighted by Gasteiger charge is -2.01. The van der Waals surface area contributed by atoms with Crippen molar-refractivity contribution in [3.05, 3.63) is 48.2 Å². The third-order valence-electron chi connectivity index (χ3n) is 2.91. The van der Waals surface area contributed by atoms with Crippen LogP contribution in [-0.4, -0.2) is 27.7 Å². The Morgan fingerprint density at radius 2 is 2.05 bits per heavy atom. The van der Waals surface area contributed by atoms with E-state index in [9.17, 15) is 4.79 Å². The second kappa shape index (κ2) is 4.65. The molecule has 0 aliphatic carbocycles. The molecule has 0 atom stereocenters. The normalized spacial score (nSPS) is 10.7. The van der Waals surface area contributed by atoms with Gasteiger partial charge in [-0.25, -0.2) is 14.3 Å². The fraction of sp³-hybridized carbons (Fsp3) is 0.0714. The number of methoxy groups -OCH3 is 1. The number of benzene rings is 1. The van der Waals surface area contributed by atoms with Gasteiger partial charge in [-0.15, -0.1) is 5.10 Å². The summed E-state index contributed by atoms with van der Waals surface area (Å²) in [5.41, 5.74) is 8.02. The van der Waals surface area contributed by atoms with Crippen molar-refractivity contribution in [1.29, 1.82) is 0 Å². The molecule has 1 aromatic carbocycles. The summed E-state index contributed by atoms with van der Waals surface area (Å²) in [5, 5.41) is 4.34. The number of carbonyl (C=O) groups excluding carboxylic acids is 1. The minimum atomic E-state index is -0.463. The molecule has 100 valence electrons. The summed E-state index contributed by atoms with van der Waals surface area (Å²) >= 11 is 0. The summed E-state index contributed by atoms with van der Waals surface area (Å²) in [7, 11) is 1.32. The highest BCUT2D eigenvalue weighted by molar-refractivity contribution is 5.91. The molecule has 0 saturated heterocycles. The molecule has 6 heteroatoms. The van der Waals surface area contributed by atoms with Gasteiger partial charge < -0.3 is 10.5 Å². The number of esters is 1. The predicted molar refractivity (Wildman–Crippen MR) is 74.2 cm³/mol. The molecule has 3 aromatic rings. The van der Waals surface area contributed by atoms with E-state index in [0.717, 1.165) is 5.56 Å². The Morgan fingerprint density at radius 1 is 1.30 bits per heavy atom. The number of fused-ring (bicyclic) bond motifs is 1. The van der Waals surface area contributed by atoms with Gasteiger partial charge in [0.2, 0.25) is 0 Å². The fourth-order valence-corrected chi connectivity index (χ4v) is 1.95. The van der Waals surface area contributed by atoms with Gasteiger partial charge in [-0.1, -0.05) is 30.3 Å². The van der Waals surface area contributed by atoms with E-state index >= 15 is 0 Å². The van der Waals surface area contributed by atoms with Crippen molar-refractivity contribution in [3.8, 4) is 11.4 Å². The lowest BCUT2D eigenvalue weighted by molar-refractivity contribution is 0.0600. The third-order valence-corrected chi connectivity index (χ3v) is 2.91. The molecule has 0 amide bonds. The number of nitrogen functional groups attached to an aromatic ring is 1. The van der Waals surface area contributed by atoms with E-state index in [0.29, 0.717) is 22.7 Å². The lowest BCUT2D eigenvalue weighted by atomic mass is 10.2. The van der Waals surface area contributed by atoms with Crippen LogP contribution in [0.15, 0.2) is 42.6 Å². The van der Waals surface area contributed by atoms with Gasteiger partial charge in [-0.05, 0) is 6.07 Å². The molecular weight excluding hydrogens is 256 g/mol. The molecule has 6 nitrogen and oxygen atoms in total. The van der Waals surface area contributed by atoms with Crippen LogP contribution in [0.3, 0.4) is 0 Å². The summed E-state index contributed by atoms with van der Waals surface area (Å²) in [6, 6.07) is 11.1. The van der Waals surface area contributed by atoms with Crippen molar-refractivity contribution in [1.82, 2.24) is 14.6 Å². The van der Waals surface area contributed by atoms with Gasteiger partial charge in [0.05, 0.1) is 18.4 Å². The summed E-state index contributed by atoms with van der Waals surface area (Å²) < 4.78 is 6.17. The molecule has 0 bridgehead atoms. The van der Waals surface area contributed by atoms with Gasteiger partial charge in [0.25, 0.3) is 0 Å². The van der Waals surface area contributed by atoms with E-state index in [2.05, 4.69) is 14.8 Å². The van der Waals surface area contributed by atoms with Crippen LogP contribution < -0.4 is 5.73 Å². The SMILES string of the molecule is COC(=O)c1cc(N)c2nc(-c3ccccc3)nn2c1. The molecule has 0 saturated carbocycles. The average molecular weight is 268 g/mol. The number of anilines is 1. The Balaban J connectivity index is 2.16. The van der Waals surface area contributed by atoms with Crippen LogP contribution in [0.2, 0.25) is 0 Å². The van der Waals surface area contributed by atoms with Crippen molar-refractivity contribution in [2.24, 2.45) is 0 Å². The standard InChI is InChI=1S/C14H12N4O2/c1-20-14(19)10-7-11(15)13-16-12(17-18(13)8-10)9-5-3-2-4-6-9/h2-8H,15H2,1H3. The zero-order chi connectivity index (χ0) is 14.1. The maximum absolute atomic E-state index is 11.5. The number of ether oxygens (including phenoxy) is 1. The summed E-state index contributed by atoms with van der Waals surface area (Å²) in [5.74, 6) is 0.0923. The first-order valence-electron chi connectivity index (χ1n) is 5.98. The summed E-state index contributed by atoms with van der Waals surface area (Å²) in [6.45, 7) is 0. The van der Waals surface area contributed by atoms with Crippen LogP contribution in [0.1, 0.15) is 10.4 Å². The van der Waals surface area contributed by atoms with Crippen LogP contribution in [0.5, 0.6) is 0 Å². The summed E-state index contributed by atoms with van der Waals surface area (Å²) in [6.07, 6.45) is 1.55. The molecule has 2 N–H and O–H groups in total. The minimum absolute atomic E-state index is 0.335. The van der Waals surface area contributed by atoms with Gasteiger partial charge in [0.1, 0.15) is 0 Å². The van der Waals surface area contributed by atoms with Crippen LogP contribution in [-0.2, 0) is 4.74 Å². The molecule has 0 radical (unpaired) electrons. The number of carbonyl (C=O) groups is 1. The summed E-state index contributed by atoms with van der Waals surface area (Å²) in [4.78, 5) is 15.9. The zero-order valence-electron chi connectivity index (χ0n) is 10.8. The molecule has 0 unspecified atom stereocenters. The molecule has 0 fully saturated rings. The van der Waals surface area contributed by atoms with Gasteiger partial charge >= 0.3 is 5.97 Å². The second-order valence-electron chi connectivity index (χ2n) is 4.25. The van der Waals surface area contributed by atoms with E-state index in [1.807, 2.05) is 30.3 Å². The number of nitrogens with zero attached hydrogens (tertiary/aromatic N) is 3. The highest BCUT2D eigenvalue weighted by Crippen LogP contribution is 2.20. The van der Waals surface area contributed by atoms with Crippen molar-refractivity contribution in [2.45, 2.75) is 0 Å². The molecule has 2 aromatic heterocycles. The number of pyridine rings is 1. The topological polar surface area (TPSA) is 82.5 Å². The van der Waals surface area contributed by atoms with Gasteiger partial charge in [0.15, 0.2) is 11.5 Å². The smallest absolute Gasteiger partial charge is 0.339 e. The highest BCUT2D eigenvalue weighted by Gasteiger charge is 2.13. The van der Waals surface area contributed by atoms with Crippen molar-refractivity contribution in [3.63, 3.8) is 0 Å². The Bertz CT molecular complexity index is 780. The average Bonchev–Trinajstić information content (AvgIpc) is 2.92. The Kier molecular flexibility index (Phi) is 2.83. The highest BCUT2D eigenvalue weighted by atomic mass is 16.5. The molecular formula is C14H12N4O2. The molecule has 0 aliphatic heterocycles. The van der Waals surface area contributed by atoms with E-state index < -0.39 is 5.97 Å². The van der Waals surface area contributed by atoms with Crippen molar-refractivity contribution < 1.29 is 9.53 Å². The quantitative estimate of drug-likeness (QED) is 0.716. The first kappa shape index (κ1) is 12.2. The van der Waals surface area contributed by atoms with E-state index in [4.69, 9.17) is 5.73 Å². The van der Waals surface area contributed by atoms with E-state index in [-0.39, 0.29) is 0 Å². The number of rotatable bonds is 2. The molecule has 2 heterocycles. The molecule has 20 heavy (non-hydrogen) atoms. The van der Waals surface area contributed by atoms with Crippen molar-refractivity contribution >= 4 is 17.3 Å². The molecule has 3 rings (SSSR count). The maximum atomic E-state index is 11.5. The van der Waals surface area contributed by atoms with Gasteiger partial charge in [-0.2, -0.15) is 0 Å². The van der Waals surface area contributed by atoms with E-state index in [1.165, 1.54) is 17.7 Å². The number of aromatic nitrogens is 3. The zero-order valence-corrected chi connectivity index (χ0v) is 10.8. The lowest BCUT2D eigenvalue weighted by Crippen LogP contribution is -2.05. The van der Waals surface area contributed by atoms with E-state index in [1.54, 1.807) is 6.20 Å². The van der Waals surface area contributed by atoms with Crippen LogP contribution in [0.4, 0.5) is 5.69 Å². The van der Waals surface area contributed by atoms with Crippen LogP contribution in [0.25, 0.3) is 17.0 Å². The monoisotopic (exact) mass is 268 g/mol. The maximum Gasteiger partial charge on any atom is 0.339 e. The van der Waals surface area contributed by atoms with Crippen LogP contribution >= 0.6 is 0 Å². The van der Waals surface area contributed by atoms with Gasteiger partial charge in [-0.3, -0.25) is 0 Å². The molecule has 0 spiro atoms. The Hall–Kier alpha value is -2.89. The fourth-order valence-electron chi connectivity index (χ4n) is 1.95.